The predicted octanol–water partition coefficient (Wildman–Crippen LogP) is 2.14. The molecule has 0 saturated heterocycles. The highest BCUT2D eigenvalue weighted by molar-refractivity contribution is 5.99. The Bertz CT molecular complexity index is 499. The molecule has 1 aromatic carbocycles. The molecule has 0 aliphatic carbocycles. The van der Waals surface area contributed by atoms with E-state index in [2.05, 4.69) is 5.32 Å². The number of Topliss-reactive ketones (excluding diaryl/α,β-unsaturated/α-hetero) is 1. The molecule has 2 rings (SSSR count). The third kappa shape index (κ3) is 1.78. The molecule has 1 aromatic heterocycles. The number of rotatable bonds is 3. The fraction of sp³-hybridized carbons (Fsp3) is 0.250. The van der Waals surface area contributed by atoms with Crippen LogP contribution in [-0.2, 0) is 0 Å². The molecule has 3 nitrogen and oxygen atoms in total. The number of ketones is 1. The van der Waals surface area contributed by atoms with Gasteiger partial charge in [-0.1, -0.05) is 18.2 Å². The van der Waals surface area contributed by atoms with Crippen LogP contribution in [0.1, 0.15) is 16.1 Å². The van der Waals surface area contributed by atoms with E-state index in [0.29, 0.717) is 12.3 Å². The lowest BCUT2D eigenvalue weighted by Crippen LogP contribution is -2.17. The number of furan rings is 1. The van der Waals surface area contributed by atoms with Crippen molar-refractivity contribution in [2.24, 2.45) is 0 Å². The second-order valence-corrected chi connectivity index (χ2v) is 3.56. The van der Waals surface area contributed by atoms with Crippen LogP contribution in [-0.4, -0.2) is 19.4 Å². The summed E-state index contributed by atoms with van der Waals surface area (Å²) in [6.45, 7) is 2.27. The Morgan fingerprint density at radius 3 is 2.93 bits per heavy atom. The quantitative estimate of drug-likeness (QED) is 0.777. The first kappa shape index (κ1) is 9.93. The molecular formula is C12H13NO2. The Labute approximate surface area is 88.1 Å². The van der Waals surface area contributed by atoms with Gasteiger partial charge < -0.3 is 9.73 Å². The number of fused-ring (bicyclic) bond motifs is 1. The van der Waals surface area contributed by atoms with Crippen molar-refractivity contribution in [2.45, 2.75) is 6.92 Å². The molecule has 2 aromatic rings. The standard InChI is InChI=1S/C12H13NO2/c1-8-4-3-5-9-6-11(15-12(8)9)10(14)7-13-2/h3-6,13H,7H2,1-2H3. The molecule has 78 valence electrons. The van der Waals surface area contributed by atoms with Crippen LogP contribution >= 0.6 is 0 Å². The Morgan fingerprint density at radius 2 is 2.27 bits per heavy atom. The number of hydrogen-bond donors (Lipinski definition) is 1. The van der Waals surface area contributed by atoms with Gasteiger partial charge in [-0.05, 0) is 25.6 Å². The van der Waals surface area contributed by atoms with Gasteiger partial charge in [0.05, 0.1) is 6.54 Å². The summed E-state index contributed by atoms with van der Waals surface area (Å²) in [6.07, 6.45) is 0. The molecule has 15 heavy (non-hydrogen) atoms. The zero-order valence-corrected chi connectivity index (χ0v) is 8.83. The van der Waals surface area contributed by atoms with Crippen molar-refractivity contribution < 1.29 is 9.21 Å². The number of carbonyl (C=O) groups excluding carboxylic acids is 1. The number of carbonyl (C=O) groups is 1. The maximum absolute atomic E-state index is 11.6. The van der Waals surface area contributed by atoms with Crippen molar-refractivity contribution in [1.29, 1.82) is 0 Å². The smallest absolute Gasteiger partial charge is 0.211 e. The van der Waals surface area contributed by atoms with Crippen LogP contribution in [0.4, 0.5) is 0 Å². The molecule has 1 heterocycles. The number of nitrogens with one attached hydrogen (secondary N) is 1. The molecule has 1 N–H and O–H groups in total. The van der Waals surface area contributed by atoms with Gasteiger partial charge in [-0.3, -0.25) is 4.79 Å². The second kappa shape index (κ2) is 3.87. The molecule has 0 saturated carbocycles. The van der Waals surface area contributed by atoms with Gasteiger partial charge in [-0.2, -0.15) is 0 Å². The van der Waals surface area contributed by atoms with Crippen LogP contribution in [0.25, 0.3) is 11.0 Å². The zero-order valence-electron chi connectivity index (χ0n) is 8.83. The highest BCUT2D eigenvalue weighted by Crippen LogP contribution is 2.22. The fourth-order valence-corrected chi connectivity index (χ4v) is 1.59. The van der Waals surface area contributed by atoms with Gasteiger partial charge in [0.25, 0.3) is 0 Å². The van der Waals surface area contributed by atoms with Crippen LogP contribution in [0.2, 0.25) is 0 Å². The van der Waals surface area contributed by atoms with Crippen LogP contribution in [0.15, 0.2) is 28.7 Å². The van der Waals surface area contributed by atoms with Gasteiger partial charge in [0.2, 0.25) is 5.78 Å². The maximum Gasteiger partial charge on any atom is 0.211 e. The minimum Gasteiger partial charge on any atom is -0.453 e. The summed E-state index contributed by atoms with van der Waals surface area (Å²) in [7, 11) is 1.74. The lowest BCUT2D eigenvalue weighted by Gasteiger charge is -1.94. The fourth-order valence-electron chi connectivity index (χ4n) is 1.59. The Kier molecular flexibility index (Phi) is 2.56. The van der Waals surface area contributed by atoms with Crippen molar-refractivity contribution in [3.8, 4) is 0 Å². The second-order valence-electron chi connectivity index (χ2n) is 3.56. The van der Waals surface area contributed by atoms with E-state index in [9.17, 15) is 4.79 Å². The van der Waals surface area contributed by atoms with E-state index in [0.717, 1.165) is 16.5 Å². The molecule has 3 heteroatoms. The van der Waals surface area contributed by atoms with Gasteiger partial charge in [0.15, 0.2) is 5.76 Å². The highest BCUT2D eigenvalue weighted by Gasteiger charge is 2.11. The Morgan fingerprint density at radius 1 is 1.47 bits per heavy atom. The first-order chi connectivity index (χ1) is 7.22. The average Bonchev–Trinajstić information content (AvgIpc) is 2.63. The highest BCUT2D eigenvalue weighted by atomic mass is 16.3. The molecule has 0 aliphatic rings. The van der Waals surface area contributed by atoms with Gasteiger partial charge in [0.1, 0.15) is 5.58 Å². The summed E-state index contributed by atoms with van der Waals surface area (Å²) in [4.78, 5) is 11.6. The van der Waals surface area contributed by atoms with Crippen LogP contribution < -0.4 is 5.32 Å². The normalized spacial score (nSPS) is 10.8. The summed E-state index contributed by atoms with van der Waals surface area (Å²) >= 11 is 0. The van der Waals surface area contributed by atoms with Crippen molar-refractivity contribution in [1.82, 2.24) is 5.32 Å². The monoisotopic (exact) mass is 203 g/mol. The van der Waals surface area contributed by atoms with Gasteiger partial charge in [0, 0.05) is 5.39 Å². The van der Waals surface area contributed by atoms with E-state index in [1.54, 1.807) is 13.1 Å². The largest absolute Gasteiger partial charge is 0.453 e. The van der Waals surface area contributed by atoms with Gasteiger partial charge >= 0.3 is 0 Å². The summed E-state index contributed by atoms with van der Waals surface area (Å²) in [6, 6.07) is 7.67. The van der Waals surface area contributed by atoms with Gasteiger partial charge in [-0.25, -0.2) is 0 Å². The summed E-state index contributed by atoms with van der Waals surface area (Å²) in [5.41, 5.74) is 1.85. The predicted molar refractivity (Wildman–Crippen MR) is 59.2 cm³/mol. The van der Waals surface area contributed by atoms with Crippen LogP contribution in [0.5, 0.6) is 0 Å². The van der Waals surface area contributed by atoms with Crippen LogP contribution in [0, 0.1) is 6.92 Å². The summed E-state index contributed by atoms with van der Waals surface area (Å²) in [5.74, 6) is 0.404. The minimum absolute atomic E-state index is 0.0203. The molecule has 0 aliphatic heterocycles. The minimum atomic E-state index is -0.0203. The Hall–Kier alpha value is -1.61. The van der Waals surface area contributed by atoms with E-state index in [1.165, 1.54) is 0 Å². The summed E-state index contributed by atoms with van der Waals surface area (Å²) < 4.78 is 5.52. The van der Waals surface area contributed by atoms with E-state index in [1.807, 2.05) is 25.1 Å². The number of benzene rings is 1. The maximum atomic E-state index is 11.6. The molecule has 0 radical (unpaired) electrons. The molecule has 0 amide bonds. The van der Waals surface area contributed by atoms with E-state index in [-0.39, 0.29) is 5.78 Å². The number of aryl methyl sites for hydroxylation is 1. The van der Waals surface area contributed by atoms with E-state index >= 15 is 0 Å². The zero-order chi connectivity index (χ0) is 10.8. The lowest BCUT2D eigenvalue weighted by molar-refractivity contribution is 0.0969. The molecule has 0 bridgehead atoms. The topological polar surface area (TPSA) is 42.2 Å². The number of para-hydroxylation sites is 1. The third-order valence-corrected chi connectivity index (χ3v) is 2.35. The first-order valence-corrected chi connectivity index (χ1v) is 4.89. The molecule has 0 unspecified atom stereocenters. The first-order valence-electron chi connectivity index (χ1n) is 4.89. The van der Waals surface area contributed by atoms with Crippen LogP contribution in [0.3, 0.4) is 0 Å². The van der Waals surface area contributed by atoms with Crippen molar-refractivity contribution in [3.05, 3.63) is 35.6 Å². The molecular weight excluding hydrogens is 190 g/mol. The van der Waals surface area contributed by atoms with E-state index in [4.69, 9.17) is 4.42 Å². The van der Waals surface area contributed by atoms with Gasteiger partial charge in [-0.15, -0.1) is 0 Å². The molecule has 0 spiro atoms. The molecule has 0 fully saturated rings. The lowest BCUT2D eigenvalue weighted by atomic mass is 10.2. The van der Waals surface area contributed by atoms with Crippen molar-refractivity contribution >= 4 is 16.8 Å². The summed E-state index contributed by atoms with van der Waals surface area (Å²) in [5, 5.41) is 3.80. The average molecular weight is 203 g/mol. The SMILES string of the molecule is CNCC(=O)c1cc2cccc(C)c2o1. The Balaban J connectivity index is 2.47. The third-order valence-electron chi connectivity index (χ3n) is 2.35. The molecule has 0 atom stereocenters. The van der Waals surface area contributed by atoms with E-state index < -0.39 is 0 Å². The van der Waals surface area contributed by atoms with Crippen molar-refractivity contribution in [2.75, 3.05) is 13.6 Å². The number of likely N-dealkylation sites (N-methyl/N-ethyl adjacent to an activating group) is 1. The van der Waals surface area contributed by atoms with Crippen molar-refractivity contribution in [3.63, 3.8) is 0 Å². The number of hydrogen-bond acceptors (Lipinski definition) is 3.